The molecule has 3 aromatic rings. The van der Waals surface area contributed by atoms with E-state index in [-0.39, 0.29) is 5.75 Å². The second kappa shape index (κ2) is 9.14. The van der Waals surface area contributed by atoms with E-state index in [2.05, 4.69) is 9.57 Å². The molecule has 0 unspecified atom stereocenters. The quantitative estimate of drug-likeness (QED) is 0.322. The maximum atomic E-state index is 14.9. The van der Waals surface area contributed by atoms with Crippen molar-refractivity contribution in [3.05, 3.63) is 69.4 Å². The molecule has 0 radical (unpaired) electrons. The number of hydrogen-bond acceptors (Lipinski definition) is 5. The first-order valence-corrected chi connectivity index (χ1v) is 9.04. The smallest absolute Gasteiger partial charge is 0.276 e. The van der Waals surface area contributed by atoms with Crippen LogP contribution in [0, 0.1) is 23.3 Å². The van der Waals surface area contributed by atoms with Gasteiger partial charge in [0.2, 0.25) is 0 Å². The Morgan fingerprint density at radius 1 is 0.968 bits per heavy atom. The molecule has 2 N–H and O–H groups in total. The molecule has 0 saturated heterocycles. The third-order valence-electron chi connectivity index (χ3n) is 4.04. The molecule has 0 aliphatic heterocycles. The molecule has 0 spiro atoms. The number of hydrogen-bond donors (Lipinski definition) is 2. The fourth-order valence-corrected chi connectivity index (χ4v) is 3.45. The van der Waals surface area contributed by atoms with Gasteiger partial charge in [-0.15, -0.1) is 0 Å². The number of methoxy groups -OCH3 is 1. The van der Waals surface area contributed by atoms with E-state index in [9.17, 15) is 27.2 Å². The highest BCUT2D eigenvalue weighted by Gasteiger charge is 2.29. The number of hydroxylamine groups is 1. The predicted molar refractivity (Wildman–Crippen MR) is 105 cm³/mol. The van der Waals surface area contributed by atoms with Crippen molar-refractivity contribution in [3.63, 3.8) is 0 Å². The van der Waals surface area contributed by atoms with Crippen molar-refractivity contribution in [2.45, 2.75) is 0 Å². The van der Waals surface area contributed by atoms with Gasteiger partial charge in [-0.25, -0.2) is 23.0 Å². The van der Waals surface area contributed by atoms with Gasteiger partial charge in [0.1, 0.15) is 11.4 Å². The van der Waals surface area contributed by atoms with Gasteiger partial charge in [-0.1, -0.05) is 12.1 Å². The molecule has 0 fully saturated rings. The number of benzene rings is 2. The lowest BCUT2D eigenvalue weighted by atomic mass is 10.0. The van der Waals surface area contributed by atoms with E-state index in [1.165, 1.54) is 0 Å². The standard InChI is InChI=1S/C20H14F4N2O4S/c1-29-10-5-3-4-9(6-10)13-14(21)16(23)18(17(24)15(13)22)25-19(27)11-7-31-8-12(11)20(28)26-30-2/h3-8H,1-2H3,(H,25,27)(H,26,28)/i1D3,2D3. The molecule has 0 aliphatic carbocycles. The third-order valence-corrected chi connectivity index (χ3v) is 4.78. The molecule has 1 aromatic heterocycles. The van der Waals surface area contributed by atoms with Gasteiger partial charge in [0, 0.05) is 10.8 Å². The molecule has 3 rings (SSSR count). The Bertz CT molecular complexity index is 1330. The topological polar surface area (TPSA) is 76.7 Å². The summed E-state index contributed by atoms with van der Waals surface area (Å²) in [5.41, 5.74) is -2.53. The van der Waals surface area contributed by atoms with Gasteiger partial charge < -0.3 is 10.1 Å². The van der Waals surface area contributed by atoms with Crippen molar-refractivity contribution in [3.8, 4) is 16.9 Å². The van der Waals surface area contributed by atoms with E-state index in [1.54, 1.807) is 10.8 Å². The average Bonchev–Trinajstić information content (AvgIpc) is 3.28. The Hall–Kier alpha value is -3.44. The number of carbonyl (C=O) groups excluding carboxylic acids is 2. The Balaban J connectivity index is 1.94. The highest BCUT2D eigenvalue weighted by molar-refractivity contribution is 7.08. The van der Waals surface area contributed by atoms with Gasteiger partial charge in [0.15, 0.2) is 23.3 Å². The molecule has 31 heavy (non-hydrogen) atoms. The maximum absolute atomic E-state index is 14.9. The normalized spacial score (nSPS) is 14.3. The maximum Gasteiger partial charge on any atom is 0.276 e. The lowest BCUT2D eigenvalue weighted by Crippen LogP contribution is -2.25. The van der Waals surface area contributed by atoms with Crippen LogP contribution in [0.25, 0.3) is 11.1 Å². The first kappa shape index (κ1) is 15.4. The number of nitrogens with one attached hydrogen (secondary N) is 2. The zero-order valence-corrected chi connectivity index (χ0v) is 15.8. The second-order valence-corrected chi connectivity index (χ2v) is 6.57. The zero-order chi connectivity index (χ0) is 27.7. The third kappa shape index (κ3) is 4.23. The molecular formula is C20H14F4N2O4S. The molecule has 0 aliphatic rings. The van der Waals surface area contributed by atoms with E-state index in [0.717, 1.165) is 46.4 Å². The van der Waals surface area contributed by atoms with Crippen LogP contribution in [-0.2, 0) is 4.84 Å². The number of rotatable bonds is 6. The van der Waals surface area contributed by atoms with Crippen molar-refractivity contribution in [1.29, 1.82) is 0 Å². The van der Waals surface area contributed by atoms with E-state index in [4.69, 9.17) is 8.22 Å². The van der Waals surface area contributed by atoms with Gasteiger partial charge in [-0.3, -0.25) is 14.4 Å². The fourth-order valence-electron chi connectivity index (χ4n) is 2.64. The fraction of sp³-hybridized carbons (Fsp3) is 0.100. The van der Waals surface area contributed by atoms with Crippen LogP contribution in [0.15, 0.2) is 35.0 Å². The van der Waals surface area contributed by atoms with Crippen molar-refractivity contribution in [2.75, 3.05) is 19.4 Å². The van der Waals surface area contributed by atoms with Crippen LogP contribution >= 0.6 is 11.3 Å². The van der Waals surface area contributed by atoms with E-state index in [0.29, 0.717) is 0 Å². The Labute approximate surface area is 185 Å². The molecule has 0 saturated carbocycles. The Morgan fingerprint density at radius 2 is 1.65 bits per heavy atom. The summed E-state index contributed by atoms with van der Waals surface area (Å²) in [6, 6.07) is 4.18. The minimum absolute atomic E-state index is 0.361. The lowest BCUT2D eigenvalue weighted by Gasteiger charge is -2.14. The molecule has 0 bridgehead atoms. The summed E-state index contributed by atoms with van der Waals surface area (Å²) in [6.45, 7) is 0. The van der Waals surface area contributed by atoms with Gasteiger partial charge >= 0.3 is 0 Å². The minimum atomic E-state index is -3.00. The largest absolute Gasteiger partial charge is 0.497 e. The number of thiophene rings is 1. The van der Waals surface area contributed by atoms with Crippen LogP contribution in [0.5, 0.6) is 5.75 Å². The minimum Gasteiger partial charge on any atom is -0.497 e. The average molecular weight is 460 g/mol. The molecule has 0 atom stereocenters. The highest BCUT2D eigenvalue weighted by Crippen LogP contribution is 2.36. The SMILES string of the molecule is [2H]C([2H])([2H])ONC(=O)c1cscc1C(=O)Nc1c(F)c(F)c(-c2cccc(OC([2H])([2H])[2H])c2)c(F)c1F. The molecule has 2 amide bonds. The number of carbonyl (C=O) groups is 2. The zero-order valence-electron chi connectivity index (χ0n) is 21.0. The van der Waals surface area contributed by atoms with Gasteiger partial charge in [-0.2, -0.15) is 11.3 Å². The second-order valence-electron chi connectivity index (χ2n) is 5.82. The molecule has 162 valence electrons. The summed E-state index contributed by atoms with van der Waals surface area (Å²) in [6.07, 6.45) is 0. The van der Waals surface area contributed by atoms with Crippen LogP contribution in [-0.4, -0.2) is 25.9 Å². The molecule has 1 heterocycles. The summed E-state index contributed by atoms with van der Waals surface area (Å²) in [5.74, 6) is -10.7. The van der Waals surface area contributed by atoms with Gasteiger partial charge in [-0.05, 0) is 17.7 Å². The number of amides is 2. The first-order chi connectivity index (χ1) is 17.1. The highest BCUT2D eigenvalue weighted by atomic mass is 32.1. The van der Waals surface area contributed by atoms with Crippen molar-refractivity contribution < 1.29 is 44.9 Å². The molecule has 11 heteroatoms. The number of anilines is 1. The van der Waals surface area contributed by atoms with Crippen molar-refractivity contribution in [1.82, 2.24) is 5.48 Å². The van der Waals surface area contributed by atoms with Crippen LogP contribution in [0.3, 0.4) is 0 Å². The first-order valence-electron chi connectivity index (χ1n) is 11.1. The summed E-state index contributed by atoms with van der Waals surface area (Å²) in [5, 5.41) is 3.82. The summed E-state index contributed by atoms with van der Waals surface area (Å²) >= 11 is 0.781. The van der Waals surface area contributed by atoms with Gasteiger partial charge in [0.25, 0.3) is 11.8 Å². The summed E-state index contributed by atoms with van der Waals surface area (Å²) in [4.78, 5) is 28.8. The van der Waals surface area contributed by atoms with Crippen LogP contribution in [0.1, 0.15) is 28.9 Å². The van der Waals surface area contributed by atoms with Gasteiger partial charge in [0.05, 0.1) is 39.0 Å². The summed E-state index contributed by atoms with van der Waals surface area (Å²) < 4.78 is 106. The molecule has 6 nitrogen and oxygen atoms in total. The lowest BCUT2D eigenvalue weighted by molar-refractivity contribution is 0.0536. The summed E-state index contributed by atoms with van der Waals surface area (Å²) in [7, 11) is -5.91. The van der Waals surface area contributed by atoms with Crippen LogP contribution in [0.2, 0.25) is 0 Å². The van der Waals surface area contributed by atoms with Crippen molar-refractivity contribution in [2.24, 2.45) is 0 Å². The Morgan fingerprint density at radius 3 is 2.29 bits per heavy atom. The molecule has 2 aromatic carbocycles. The van der Waals surface area contributed by atoms with E-state index >= 15 is 0 Å². The van der Waals surface area contributed by atoms with E-state index in [1.807, 2.05) is 0 Å². The number of ether oxygens (including phenoxy) is 1. The van der Waals surface area contributed by atoms with E-state index < -0.39 is 77.1 Å². The van der Waals surface area contributed by atoms with Crippen LogP contribution < -0.4 is 15.5 Å². The molecular weight excluding hydrogens is 440 g/mol. The Kier molecular flexibility index (Phi) is 4.54. The van der Waals surface area contributed by atoms with Crippen molar-refractivity contribution >= 4 is 28.8 Å². The monoisotopic (exact) mass is 460 g/mol. The number of halogens is 4. The van der Waals surface area contributed by atoms with Crippen LogP contribution in [0.4, 0.5) is 23.2 Å². The predicted octanol–water partition coefficient (Wildman–Crippen LogP) is 4.52.